The highest BCUT2D eigenvalue weighted by Crippen LogP contribution is 2.35. The third-order valence-electron chi connectivity index (χ3n) is 5.46. The molecule has 0 radical (unpaired) electrons. The second kappa shape index (κ2) is 12.6. The SMILES string of the molecule is CS(=O)(=O)Cc1cccc(C(=O)NC2CCC(Nc3cc(C(F)(F)F)nc(C(F)(F)F)c3)CC2)c1.S.S. The van der Waals surface area contributed by atoms with E-state index in [0.29, 0.717) is 48.9 Å². The first-order chi connectivity index (χ1) is 16.1. The van der Waals surface area contributed by atoms with Gasteiger partial charge in [-0.05, 0) is 55.5 Å². The summed E-state index contributed by atoms with van der Waals surface area (Å²) in [6.07, 6.45) is -7.25. The molecule has 3 rings (SSSR count). The summed E-state index contributed by atoms with van der Waals surface area (Å²) >= 11 is 0. The number of sulfone groups is 1. The van der Waals surface area contributed by atoms with Gasteiger partial charge in [0.1, 0.15) is 11.4 Å². The van der Waals surface area contributed by atoms with E-state index in [4.69, 9.17) is 0 Å². The summed E-state index contributed by atoms with van der Waals surface area (Å²) in [6.45, 7) is 0. The van der Waals surface area contributed by atoms with Crippen LogP contribution in [0.5, 0.6) is 0 Å². The molecule has 2 N–H and O–H groups in total. The number of nitrogens with one attached hydrogen (secondary N) is 2. The summed E-state index contributed by atoms with van der Waals surface area (Å²) in [6, 6.07) is 6.69. The maximum Gasteiger partial charge on any atom is 0.433 e. The van der Waals surface area contributed by atoms with E-state index in [1.807, 2.05) is 0 Å². The van der Waals surface area contributed by atoms with E-state index in [1.165, 1.54) is 6.07 Å². The predicted octanol–water partition coefficient (Wildman–Crippen LogP) is 5.04. The van der Waals surface area contributed by atoms with Gasteiger partial charge in [0.05, 0.1) is 5.75 Å². The Balaban J connectivity index is 0.00000342. The molecule has 1 aliphatic carbocycles. The van der Waals surface area contributed by atoms with E-state index in [0.717, 1.165) is 6.26 Å². The number of hydrogen-bond donors (Lipinski definition) is 2. The second-order valence-corrected chi connectivity index (χ2v) is 10.7. The molecule has 0 aliphatic heterocycles. The fourth-order valence-corrected chi connectivity index (χ4v) is 4.68. The van der Waals surface area contributed by atoms with Crippen molar-refractivity contribution in [2.75, 3.05) is 11.6 Å². The van der Waals surface area contributed by atoms with Gasteiger partial charge in [-0.1, -0.05) is 12.1 Å². The molecule has 0 bridgehead atoms. The molecule has 1 saturated carbocycles. The molecule has 208 valence electrons. The quantitative estimate of drug-likeness (QED) is 0.460. The average Bonchev–Trinajstić information content (AvgIpc) is 2.72. The largest absolute Gasteiger partial charge is 0.433 e. The lowest BCUT2D eigenvalue weighted by molar-refractivity contribution is -0.150. The summed E-state index contributed by atoms with van der Waals surface area (Å²) in [5.74, 6) is -0.595. The molecule has 0 spiro atoms. The van der Waals surface area contributed by atoms with E-state index in [-0.39, 0.29) is 50.5 Å². The molecule has 1 aromatic heterocycles. The molecule has 0 saturated heterocycles. The summed E-state index contributed by atoms with van der Waals surface area (Å²) in [7, 11) is -3.27. The van der Waals surface area contributed by atoms with Gasteiger partial charge < -0.3 is 10.6 Å². The van der Waals surface area contributed by atoms with Crippen molar-refractivity contribution in [2.45, 2.75) is 55.9 Å². The predicted molar refractivity (Wildman–Crippen MR) is 137 cm³/mol. The summed E-state index contributed by atoms with van der Waals surface area (Å²) in [5.41, 5.74) is -2.82. The molecule has 1 amide bonds. The number of aromatic nitrogens is 1. The molecule has 15 heteroatoms. The Kier molecular flexibility index (Phi) is 11.2. The number of halogens is 6. The number of pyridine rings is 1. The molecule has 1 fully saturated rings. The van der Waals surface area contributed by atoms with Crippen LogP contribution < -0.4 is 10.6 Å². The Labute approximate surface area is 224 Å². The summed E-state index contributed by atoms with van der Waals surface area (Å²) < 4.78 is 101. The zero-order valence-corrected chi connectivity index (χ0v) is 22.3. The number of nitrogens with zero attached hydrogens (tertiary/aromatic N) is 1. The van der Waals surface area contributed by atoms with Gasteiger partial charge in [0.15, 0.2) is 9.84 Å². The third kappa shape index (κ3) is 9.93. The van der Waals surface area contributed by atoms with Crippen LogP contribution in [0, 0.1) is 0 Å². The number of carbonyl (C=O) groups excluding carboxylic acids is 1. The number of amides is 1. The molecule has 1 aliphatic rings. The van der Waals surface area contributed by atoms with Crippen molar-refractivity contribution in [3.8, 4) is 0 Å². The highest BCUT2D eigenvalue weighted by atomic mass is 32.2. The first-order valence-corrected chi connectivity index (χ1v) is 12.7. The van der Waals surface area contributed by atoms with Crippen molar-refractivity contribution < 1.29 is 39.6 Å². The van der Waals surface area contributed by atoms with Crippen molar-refractivity contribution in [3.63, 3.8) is 0 Å². The summed E-state index contributed by atoms with van der Waals surface area (Å²) in [5, 5.41) is 5.57. The fraction of sp³-hybridized carbons (Fsp3) is 0.455. The van der Waals surface area contributed by atoms with Crippen LogP contribution in [-0.4, -0.2) is 37.6 Å². The van der Waals surface area contributed by atoms with Crippen molar-refractivity contribution >= 4 is 48.4 Å². The lowest BCUT2D eigenvalue weighted by Crippen LogP contribution is -2.40. The molecule has 0 unspecified atom stereocenters. The third-order valence-corrected chi connectivity index (χ3v) is 6.32. The van der Waals surface area contributed by atoms with Crippen LogP contribution in [0.25, 0.3) is 0 Å². The van der Waals surface area contributed by atoms with E-state index in [2.05, 4.69) is 15.6 Å². The number of carbonyl (C=O) groups is 1. The van der Waals surface area contributed by atoms with Crippen LogP contribution in [-0.2, 0) is 27.9 Å². The lowest BCUT2D eigenvalue weighted by atomic mass is 9.90. The standard InChI is InChI=1S/C22H23F6N3O3S.2H2S/c1-35(33,34)12-13-3-2-4-14(9-13)20(32)30-16-7-5-15(6-8-16)29-17-10-18(21(23,24)25)31-19(11-17)22(26,27)28;;/h2-4,9-11,15-16H,5-8,12H2,1H3,(H,29,31)(H,30,32);2*1H2. The maximum absolute atomic E-state index is 13.0. The first kappa shape index (κ1) is 32.9. The van der Waals surface area contributed by atoms with Gasteiger partial charge in [-0.2, -0.15) is 53.3 Å². The molecule has 1 heterocycles. The highest BCUT2D eigenvalue weighted by molar-refractivity contribution is 7.89. The van der Waals surface area contributed by atoms with Crippen LogP contribution in [0.4, 0.5) is 32.0 Å². The van der Waals surface area contributed by atoms with E-state index in [9.17, 15) is 39.6 Å². The maximum atomic E-state index is 13.0. The molecular formula is C22H27F6N3O3S3. The minimum atomic E-state index is -5.03. The van der Waals surface area contributed by atoms with Gasteiger partial charge in [-0.3, -0.25) is 4.79 Å². The topological polar surface area (TPSA) is 88.2 Å². The molecular weight excluding hydrogens is 564 g/mol. The normalized spacial score (nSPS) is 18.2. The molecule has 37 heavy (non-hydrogen) atoms. The zero-order chi connectivity index (χ0) is 26.0. The van der Waals surface area contributed by atoms with Gasteiger partial charge in [0, 0.05) is 29.6 Å². The minimum Gasteiger partial charge on any atom is -0.382 e. The van der Waals surface area contributed by atoms with Crippen LogP contribution in [0.3, 0.4) is 0 Å². The Morgan fingerprint density at radius 2 is 1.43 bits per heavy atom. The highest BCUT2D eigenvalue weighted by Gasteiger charge is 2.39. The van der Waals surface area contributed by atoms with Crippen LogP contribution in [0.1, 0.15) is 53.0 Å². The molecule has 1 aromatic carbocycles. The van der Waals surface area contributed by atoms with E-state index in [1.54, 1.807) is 18.2 Å². The Hall–Kier alpha value is -2.13. The Bertz CT molecular complexity index is 1150. The molecule has 6 nitrogen and oxygen atoms in total. The number of rotatable bonds is 6. The second-order valence-electron chi connectivity index (χ2n) is 8.56. The Morgan fingerprint density at radius 1 is 0.919 bits per heavy atom. The van der Waals surface area contributed by atoms with Crippen LogP contribution in [0.2, 0.25) is 0 Å². The number of benzene rings is 1. The number of anilines is 1. The minimum absolute atomic E-state index is 0. The fourth-order valence-electron chi connectivity index (χ4n) is 3.90. The first-order valence-electron chi connectivity index (χ1n) is 10.6. The van der Waals surface area contributed by atoms with Gasteiger partial charge in [-0.25, -0.2) is 13.4 Å². The van der Waals surface area contributed by atoms with Gasteiger partial charge in [0.2, 0.25) is 0 Å². The monoisotopic (exact) mass is 591 g/mol. The number of alkyl halides is 6. The Morgan fingerprint density at radius 3 is 1.92 bits per heavy atom. The van der Waals surface area contributed by atoms with Crippen LogP contribution in [0.15, 0.2) is 36.4 Å². The molecule has 0 atom stereocenters. The van der Waals surface area contributed by atoms with Gasteiger partial charge in [-0.15, -0.1) is 0 Å². The lowest BCUT2D eigenvalue weighted by Gasteiger charge is -2.30. The van der Waals surface area contributed by atoms with Crippen LogP contribution >= 0.6 is 27.0 Å². The average molecular weight is 592 g/mol. The van der Waals surface area contributed by atoms with E-state index >= 15 is 0 Å². The van der Waals surface area contributed by atoms with Gasteiger partial charge >= 0.3 is 12.4 Å². The van der Waals surface area contributed by atoms with Crippen molar-refractivity contribution in [1.29, 1.82) is 0 Å². The van der Waals surface area contributed by atoms with Crippen molar-refractivity contribution in [2.24, 2.45) is 0 Å². The number of hydrogen-bond acceptors (Lipinski definition) is 5. The smallest absolute Gasteiger partial charge is 0.382 e. The zero-order valence-electron chi connectivity index (χ0n) is 19.5. The van der Waals surface area contributed by atoms with Crippen molar-refractivity contribution in [1.82, 2.24) is 10.3 Å². The van der Waals surface area contributed by atoms with Crippen molar-refractivity contribution in [3.05, 3.63) is 58.9 Å². The molecule has 2 aromatic rings. The van der Waals surface area contributed by atoms with Gasteiger partial charge in [0.25, 0.3) is 5.91 Å². The summed E-state index contributed by atoms with van der Waals surface area (Å²) in [4.78, 5) is 15.3. The van der Waals surface area contributed by atoms with E-state index < -0.39 is 39.5 Å².